The van der Waals surface area contributed by atoms with Crippen LogP contribution < -0.4 is 15.4 Å². The van der Waals surface area contributed by atoms with Crippen molar-refractivity contribution in [2.75, 3.05) is 30.8 Å². The molecule has 20 heavy (non-hydrogen) atoms. The minimum Gasteiger partial charge on any atom is -0.495 e. The van der Waals surface area contributed by atoms with E-state index < -0.39 is 17.9 Å². The highest BCUT2D eigenvalue weighted by Crippen LogP contribution is 2.37. The lowest BCUT2D eigenvalue weighted by molar-refractivity contribution is -0.176. The van der Waals surface area contributed by atoms with Crippen LogP contribution in [0, 0.1) is 11.7 Å². The molecule has 1 unspecified atom stereocenters. The molecule has 0 aromatic heterocycles. The molecule has 1 atom stereocenters. The van der Waals surface area contributed by atoms with Crippen LogP contribution in [0.2, 0.25) is 0 Å². The highest BCUT2D eigenvalue weighted by atomic mass is 19.4. The van der Waals surface area contributed by atoms with Gasteiger partial charge in [0.1, 0.15) is 11.6 Å². The number of ether oxygens (including phenoxy) is 1. The third-order valence-electron chi connectivity index (χ3n) is 3.52. The highest BCUT2D eigenvalue weighted by Gasteiger charge is 2.42. The fourth-order valence-electron chi connectivity index (χ4n) is 2.44. The van der Waals surface area contributed by atoms with Crippen LogP contribution in [0.25, 0.3) is 0 Å². The Bertz CT molecular complexity index is 490. The lowest BCUT2D eigenvalue weighted by Gasteiger charge is -2.35. The van der Waals surface area contributed by atoms with Gasteiger partial charge in [0, 0.05) is 25.2 Å². The molecule has 0 bridgehead atoms. The molecule has 0 spiro atoms. The molecule has 1 aliphatic heterocycles. The third-order valence-corrected chi connectivity index (χ3v) is 3.52. The average Bonchev–Trinajstić information content (AvgIpc) is 2.38. The molecule has 1 aromatic rings. The molecule has 1 saturated heterocycles. The number of nitrogens with two attached hydrogens (primary N) is 1. The molecule has 3 nitrogen and oxygen atoms in total. The Morgan fingerprint density at radius 1 is 1.35 bits per heavy atom. The Morgan fingerprint density at radius 3 is 2.65 bits per heavy atom. The molecule has 0 aliphatic carbocycles. The molecule has 7 heteroatoms. The van der Waals surface area contributed by atoms with Crippen molar-refractivity contribution in [2.24, 2.45) is 5.92 Å². The Kier molecular flexibility index (Phi) is 3.96. The Hall–Kier alpha value is -1.66. The van der Waals surface area contributed by atoms with Gasteiger partial charge in [-0.05, 0) is 12.8 Å². The predicted molar refractivity (Wildman–Crippen MR) is 68.4 cm³/mol. The van der Waals surface area contributed by atoms with Crippen LogP contribution in [0.15, 0.2) is 12.1 Å². The van der Waals surface area contributed by atoms with Crippen LogP contribution in [0.3, 0.4) is 0 Å². The zero-order valence-electron chi connectivity index (χ0n) is 11.0. The largest absolute Gasteiger partial charge is 0.495 e. The number of nitrogen functional groups attached to an aromatic ring is 1. The number of benzene rings is 1. The van der Waals surface area contributed by atoms with Crippen LogP contribution >= 0.6 is 0 Å². The van der Waals surface area contributed by atoms with Gasteiger partial charge < -0.3 is 15.4 Å². The smallest absolute Gasteiger partial charge is 0.393 e. The quantitative estimate of drug-likeness (QED) is 0.672. The zero-order chi connectivity index (χ0) is 14.9. The number of piperidine rings is 1. The molecule has 1 fully saturated rings. The second-order valence-corrected chi connectivity index (χ2v) is 4.87. The van der Waals surface area contributed by atoms with E-state index in [1.54, 1.807) is 0 Å². The maximum atomic E-state index is 13.9. The summed E-state index contributed by atoms with van der Waals surface area (Å²) in [4.78, 5) is 1.40. The minimum absolute atomic E-state index is 0.0771. The molecular weight excluding hydrogens is 276 g/mol. The van der Waals surface area contributed by atoms with Crippen molar-refractivity contribution in [3.63, 3.8) is 0 Å². The van der Waals surface area contributed by atoms with E-state index in [1.807, 2.05) is 0 Å². The van der Waals surface area contributed by atoms with Gasteiger partial charge >= 0.3 is 6.18 Å². The van der Waals surface area contributed by atoms with E-state index in [4.69, 9.17) is 10.5 Å². The molecule has 1 heterocycles. The molecular formula is C13H16F4N2O. The topological polar surface area (TPSA) is 38.5 Å². The van der Waals surface area contributed by atoms with Crippen molar-refractivity contribution in [3.8, 4) is 5.75 Å². The van der Waals surface area contributed by atoms with Crippen molar-refractivity contribution < 1.29 is 22.3 Å². The monoisotopic (exact) mass is 292 g/mol. The normalized spacial score (nSPS) is 20.1. The van der Waals surface area contributed by atoms with Gasteiger partial charge in [-0.25, -0.2) is 4.39 Å². The van der Waals surface area contributed by atoms with Crippen molar-refractivity contribution in [1.82, 2.24) is 0 Å². The van der Waals surface area contributed by atoms with E-state index >= 15 is 0 Å². The molecule has 112 valence electrons. The summed E-state index contributed by atoms with van der Waals surface area (Å²) >= 11 is 0. The van der Waals surface area contributed by atoms with Gasteiger partial charge in [0.15, 0.2) is 0 Å². The summed E-state index contributed by atoms with van der Waals surface area (Å²) in [6, 6.07) is 2.43. The van der Waals surface area contributed by atoms with E-state index in [1.165, 1.54) is 18.1 Å². The summed E-state index contributed by atoms with van der Waals surface area (Å²) in [5.41, 5.74) is 5.79. The molecule has 1 aromatic carbocycles. The molecule has 1 aliphatic rings. The number of anilines is 2. The van der Waals surface area contributed by atoms with E-state index in [0.29, 0.717) is 13.0 Å². The zero-order valence-corrected chi connectivity index (χ0v) is 11.0. The Morgan fingerprint density at radius 2 is 2.05 bits per heavy atom. The maximum absolute atomic E-state index is 13.9. The van der Waals surface area contributed by atoms with E-state index in [-0.39, 0.29) is 30.1 Å². The van der Waals surface area contributed by atoms with Gasteiger partial charge in [-0.1, -0.05) is 0 Å². The Labute approximate surface area is 114 Å². The second kappa shape index (κ2) is 5.38. The number of methoxy groups -OCH3 is 1. The first-order valence-electron chi connectivity index (χ1n) is 6.27. The van der Waals surface area contributed by atoms with E-state index in [0.717, 1.165) is 6.07 Å². The lowest BCUT2D eigenvalue weighted by Crippen LogP contribution is -2.42. The van der Waals surface area contributed by atoms with Gasteiger partial charge in [0.2, 0.25) is 0 Å². The van der Waals surface area contributed by atoms with Crippen molar-refractivity contribution >= 4 is 11.4 Å². The molecule has 2 N–H and O–H groups in total. The number of hydrogen-bond acceptors (Lipinski definition) is 3. The van der Waals surface area contributed by atoms with Crippen LogP contribution in [0.5, 0.6) is 5.75 Å². The fraction of sp³-hybridized carbons (Fsp3) is 0.538. The SMILES string of the molecule is COc1cc(N2CCCC(C(F)(F)F)C2)c(F)cc1N. The summed E-state index contributed by atoms with van der Waals surface area (Å²) in [5, 5.41) is 0. The van der Waals surface area contributed by atoms with Crippen LogP contribution in [-0.2, 0) is 0 Å². The lowest BCUT2D eigenvalue weighted by atomic mass is 9.97. The first kappa shape index (κ1) is 14.7. The summed E-state index contributed by atoms with van der Waals surface area (Å²) in [6.07, 6.45) is -3.81. The van der Waals surface area contributed by atoms with Crippen molar-refractivity contribution in [2.45, 2.75) is 19.0 Å². The third kappa shape index (κ3) is 2.91. The Balaban J connectivity index is 2.27. The van der Waals surface area contributed by atoms with Crippen LogP contribution in [0.4, 0.5) is 28.9 Å². The summed E-state index contributed by atoms with van der Waals surface area (Å²) in [7, 11) is 1.38. The van der Waals surface area contributed by atoms with Gasteiger partial charge in [0.05, 0.1) is 24.4 Å². The van der Waals surface area contributed by atoms with Crippen LogP contribution in [-0.4, -0.2) is 26.4 Å². The first-order valence-corrected chi connectivity index (χ1v) is 6.27. The maximum Gasteiger partial charge on any atom is 0.393 e. The fourth-order valence-corrected chi connectivity index (χ4v) is 2.44. The van der Waals surface area contributed by atoms with E-state index in [2.05, 4.69) is 0 Å². The number of halogens is 4. The minimum atomic E-state index is -4.26. The second-order valence-electron chi connectivity index (χ2n) is 4.87. The average molecular weight is 292 g/mol. The standard InChI is InChI=1S/C13H16F4N2O/c1-20-12-6-11(9(14)5-10(12)18)19-4-2-3-8(7-19)13(15,16)17/h5-6,8H,2-4,7,18H2,1H3. The van der Waals surface area contributed by atoms with E-state index in [9.17, 15) is 17.6 Å². The number of nitrogens with zero attached hydrogens (tertiary/aromatic N) is 1. The highest BCUT2D eigenvalue weighted by molar-refractivity contribution is 5.63. The molecule has 0 radical (unpaired) electrons. The first-order chi connectivity index (χ1) is 9.32. The molecule has 0 saturated carbocycles. The summed E-state index contributed by atoms with van der Waals surface area (Å²) in [6.45, 7) is 0.143. The summed E-state index contributed by atoms with van der Waals surface area (Å²) in [5.74, 6) is -1.80. The van der Waals surface area contributed by atoms with Crippen molar-refractivity contribution in [3.05, 3.63) is 17.9 Å². The molecule has 2 rings (SSSR count). The predicted octanol–water partition coefficient (Wildman–Crippen LogP) is 3.20. The van der Waals surface area contributed by atoms with Gasteiger partial charge in [-0.3, -0.25) is 0 Å². The van der Waals surface area contributed by atoms with Crippen molar-refractivity contribution in [1.29, 1.82) is 0 Å². The van der Waals surface area contributed by atoms with Gasteiger partial charge in [0.25, 0.3) is 0 Å². The number of rotatable bonds is 2. The number of alkyl halides is 3. The van der Waals surface area contributed by atoms with Gasteiger partial charge in [-0.15, -0.1) is 0 Å². The summed E-state index contributed by atoms with van der Waals surface area (Å²) < 4.78 is 57.2. The van der Waals surface area contributed by atoms with Gasteiger partial charge in [-0.2, -0.15) is 13.2 Å². The van der Waals surface area contributed by atoms with Crippen LogP contribution in [0.1, 0.15) is 12.8 Å². The number of hydrogen-bond donors (Lipinski definition) is 1. The molecule has 0 amide bonds.